The number of anilines is 1. The van der Waals surface area contributed by atoms with E-state index < -0.39 is 0 Å². The van der Waals surface area contributed by atoms with Crippen molar-refractivity contribution in [3.8, 4) is 5.75 Å². The average Bonchev–Trinajstić information content (AvgIpc) is 3.36. The monoisotopic (exact) mass is 404 g/mol. The van der Waals surface area contributed by atoms with Gasteiger partial charge in [-0.05, 0) is 61.4 Å². The van der Waals surface area contributed by atoms with Crippen LogP contribution < -0.4 is 15.7 Å². The lowest BCUT2D eigenvalue weighted by Crippen LogP contribution is -2.31. The quantitative estimate of drug-likeness (QED) is 0.476. The number of imidazole rings is 1. The van der Waals surface area contributed by atoms with Gasteiger partial charge in [0.05, 0.1) is 12.6 Å². The van der Waals surface area contributed by atoms with Gasteiger partial charge in [-0.3, -0.25) is 9.36 Å². The zero-order valence-corrected chi connectivity index (χ0v) is 16.8. The minimum Gasteiger partial charge on any atom is -0.494 e. The molecule has 0 aliphatic heterocycles. The van der Waals surface area contributed by atoms with Crippen LogP contribution in [0.1, 0.15) is 31.7 Å². The van der Waals surface area contributed by atoms with Gasteiger partial charge in [-0.1, -0.05) is 12.1 Å². The van der Waals surface area contributed by atoms with Crippen LogP contribution in [0, 0.1) is 5.92 Å². The Labute approximate surface area is 173 Å². The van der Waals surface area contributed by atoms with E-state index in [1.165, 1.54) is 0 Å². The van der Waals surface area contributed by atoms with Crippen LogP contribution in [0.3, 0.4) is 0 Å². The molecular weight excluding hydrogens is 380 g/mol. The van der Waals surface area contributed by atoms with Crippen molar-refractivity contribution in [1.29, 1.82) is 0 Å². The Morgan fingerprint density at radius 2 is 1.97 bits per heavy atom. The predicted molar refractivity (Wildman–Crippen MR) is 117 cm³/mol. The molecule has 1 fully saturated rings. The number of H-pyrrole nitrogens is 2. The van der Waals surface area contributed by atoms with Crippen molar-refractivity contribution in [2.45, 2.75) is 31.7 Å². The Morgan fingerprint density at radius 1 is 1.13 bits per heavy atom. The fourth-order valence-corrected chi connectivity index (χ4v) is 4.62. The number of amides is 1. The molecular formula is C23H24N4O3. The molecule has 154 valence electrons. The van der Waals surface area contributed by atoms with E-state index >= 15 is 0 Å². The number of nitrogens with one attached hydrogen (secondary N) is 3. The van der Waals surface area contributed by atoms with Gasteiger partial charge in [-0.25, -0.2) is 4.79 Å². The Morgan fingerprint density at radius 3 is 2.77 bits per heavy atom. The van der Waals surface area contributed by atoms with E-state index in [9.17, 15) is 9.59 Å². The molecule has 0 saturated heterocycles. The van der Waals surface area contributed by atoms with Crippen LogP contribution in [0.25, 0.3) is 21.9 Å². The molecule has 5 rings (SSSR count). The number of ether oxygens (including phenoxy) is 1. The molecule has 2 aromatic heterocycles. The molecule has 2 aromatic carbocycles. The summed E-state index contributed by atoms with van der Waals surface area (Å²) < 4.78 is 7.20. The Kier molecular flexibility index (Phi) is 4.58. The number of fused-ring (bicyclic) bond motifs is 2. The van der Waals surface area contributed by atoms with Gasteiger partial charge in [0, 0.05) is 29.4 Å². The highest BCUT2D eigenvalue weighted by molar-refractivity contribution is 5.95. The molecule has 0 radical (unpaired) electrons. The second-order valence-electron chi connectivity index (χ2n) is 7.93. The Hall–Kier alpha value is -3.48. The summed E-state index contributed by atoms with van der Waals surface area (Å²) in [6.07, 6.45) is 4.98. The van der Waals surface area contributed by atoms with Crippen LogP contribution >= 0.6 is 0 Å². The van der Waals surface area contributed by atoms with Crippen molar-refractivity contribution in [2.24, 2.45) is 5.92 Å². The topological polar surface area (TPSA) is 91.9 Å². The lowest BCUT2D eigenvalue weighted by atomic mass is 9.85. The number of aromatic nitrogens is 3. The minimum absolute atomic E-state index is 0.0453. The average molecular weight is 404 g/mol. The number of hydrogen-bond acceptors (Lipinski definition) is 3. The fraction of sp³-hybridized carbons (Fsp3) is 0.304. The van der Waals surface area contributed by atoms with Gasteiger partial charge in [0.1, 0.15) is 11.3 Å². The molecule has 1 aliphatic carbocycles. The number of methoxy groups -OCH3 is 1. The van der Waals surface area contributed by atoms with E-state index in [0.717, 1.165) is 53.3 Å². The number of hydrogen-bond donors (Lipinski definition) is 3. The van der Waals surface area contributed by atoms with E-state index in [1.807, 2.05) is 53.2 Å². The number of carbonyl (C=O) groups excluding carboxylic acids is 1. The summed E-state index contributed by atoms with van der Waals surface area (Å²) in [5.74, 6) is 0.666. The summed E-state index contributed by atoms with van der Waals surface area (Å²) >= 11 is 0. The fourth-order valence-electron chi connectivity index (χ4n) is 4.62. The van der Waals surface area contributed by atoms with Crippen molar-refractivity contribution in [3.05, 3.63) is 59.1 Å². The van der Waals surface area contributed by atoms with E-state index in [-0.39, 0.29) is 23.6 Å². The van der Waals surface area contributed by atoms with Gasteiger partial charge in [0.2, 0.25) is 5.91 Å². The second-order valence-corrected chi connectivity index (χ2v) is 7.93. The highest BCUT2D eigenvalue weighted by Crippen LogP contribution is 2.35. The molecule has 7 nitrogen and oxygen atoms in total. The molecule has 3 N–H and O–H groups in total. The number of nitrogens with zero attached hydrogens (tertiary/aromatic N) is 1. The van der Waals surface area contributed by atoms with Crippen LogP contribution in [0.15, 0.2) is 53.5 Å². The third-order valence-corrected chi connectivity index (χ3v) is 6.19. The zero-order chi connectivity index (χ0) is 20.7. The van der Waals surface area contributed by atoms with E-state index in [1.54, 1.807) is 7.11 Å². The summed E-state index contributed by atoms with van der Waals surface area (Å²) in [6.45, 7) is 0. The van der Waals surface area contributed by atoms with Crippen LogP contribution in [0.4, 0.5) is 5.69 Å². The first-order chi connectivity index (χ1) is 14.6. The van der Waals surface area contributed by atoms with Crippen LogP contribution in [0.2, 0.25) is 0 Å². The van der Waals surface area contributed by atoms with Gasteiger partial charge in [-0.15, -0.1) is 0 Å². The molecule has 0 unspecified atom stereocenters. The maximum absolute atomic E-state index is 12.8. The number of rotatable bonds is 4. The minimum atomic E-state index is -0.123. The van der Waals surface area contributed by atoms with E-state index in [2.05, 4.69) is 15.3 Å². The number of para-hydroxylation sites is 1. The summed E-state index contributed by atoms with van der Waals surface area (Å²) in [4.78, 5) is 31.5. The SMILES string of the molecule is COc1cccc2c1[nH]c(=O)n2C1CCC(C(=O)Nc2ccc3cc[nH]c3c2)CC1. The van der Waals surface area contributed by atoms with Crippen molar-refractivity contribution < 1.29 is 9.53 Å². The molecule has 1 saturated carbocycles. The maximum atomic E-state index is 12.8. The van der Waals surface area contributed by atoms with Gasteiger partial charge in [-0.2, -0.15) is 0 Å². The summed E-state index contributed by atoms with van der Waals surface area (Å²) in [6, 6.07) is 13.6. The van der Waals surface area contributed by atoms with Gasteiger partial charge >= 0.3 is 5.69 Å². The molecule has 7 heteroatoms. The number of benzene rings is 2. The summed E-state index contributed by atoms with van der Waals surface area (Å²) in [7, 11) is 1.60. The third kappa shape index (κ3) is 3.16. The zero-order valence-electron chi connectivity index (χ0n) is 16.8. The molecule has 0 spiro atoms. The highest BCUT2D eigenvalue weighted by atomic mass is 16.5. The molecule has 0 bridgehead atoms. The second kappa shape index (κ2) is 7.40. The molecule has 0 atom stereocenters. The largest absolute Gasteiger partial charge is 0.494 e. The predicted octanol–water partition coefficient (Wildman–Crippen LogP) is 4.19. The Bertz CT molecular complexity index is 1270. The first kappa shape index (κ1) is 18.5. The van der Waals surface area contributed by atoms with Crippen LogP contribution in [-0.4, -0.2) is 27.6 Å². The van der Waals surface area contributed by atoms with Crippen molar-refractivity contribution in [3.63, 3.8) is 0 Å². The molecule has 30 heavy (non-hydrogen) atoms. The molecule has 1 aliphatic rings. The van der Waals surface area contributed by atoms with Crippen molar-refractivity contribution in [2.75, 3.05) is 12.4 Å². The molecule has 1 amide bonds. The van der Waals surface area contributed by atoms with Crippen molar-refractivity contribution in [1.82, 2.24) is 14.5 Å². The highest BCUT2D eigenvalue weighted by Gasteiger charge is 2.29. The lowest BCUT2D eigenvalue weighted by Gasteiger charge is -2.28. The third-order valence-electron chi connectivity index (χ3n) is 6.19. The Balaban J connectivity index is 1.29. The standard InChI is InChI=1S/C23H24N4O3/c1-30-20-4-2-3-19-21(20)26-23(29)27(19)17-9-6-15(7-10-17)22(28)25-16-8-5-14-11-12-24-18(14)13-16/h2-5,8,11-13,15,17,24H,6-7,9-10H2,1H3,(H,25,28)(H,26,29). The number of carbonyl (C=O) groups is 1. The lowest BCUT2D eigenvalue weighted by molar-refractivity contribution is -0.121. The summed E-state index contributed by atoms with van der Waals surface area (Å²) in [5, 5.41) is 4.17. The summed E-state index contributed by atoms with van der Waals surface area (Å²) in [5.41, 5.74) is 3.26. The van der Waals surface area contributed by atoms with E-state index in [0.29, 0.717) is 5.75 Å². The van der Waals surface area contributed by atoms with Gasteiger partial charge in [0.25, 0.3) is 0 Å². The molecule has 4 aromatic rings. The van der Waals surface area contributed by atoms with E-state index in [4.69, 9.17) is 4.74 Å². The first-order valence-corrected chi connectivity index (χ1v) is 10.3. The van der Waals surface area contributed by atoms with Crippen LogP contribution in [0.5, 0.6) is 5.75 Å². The normalized spacial score (nSPS) is 19.2. The van der Waals surface area contributed by atoms with Crippen LogP contribution in [-0.2, 0) is 4.79 Å². The van der Waals surface area contributed by atoms with Gasteiger partial charge in [0.15, 0.2) is 0 Å². The molecule has 2 heterocycles. The number of aromatic amines is 2. The smallest absolute Gasteiger partial charge is 0.326 e. The maximum Gasteiger partial charge on any atom is 0.326 e. The first-order valence-electron chi connectivity index (χ1n) is 10.3. The van der Waals surface area contributed by atoms with Gasteiger partial charge < -0.3 is 20.0 Å². The van der Waals surface area contributed by atoms with Crippen molar-refractivity contribution >= 4 is 33.5 Å².